The van der Waals surface area contributed by atoms with Crippen LogP contribution in [0.3, 0.4) is 0 Å². The zero-order valence-corrected chi connectivity index (χ0v) is 11.8. The van der Waals surface area contributed by atoms with Crippen LogP contribution in [0.5, 0.6) is 0 Å². The predicted molar refractivity (Wildman–Crippen MR) is 74.2 cm³/mol. The Labute approximate surface area is 107 Å². The molecule has 0 atom stereocenters. The van der Waals surface area contributed by atoms with Crippen molar-refractivity contribution in [3.8, 4) is 0 Å². The molecule has 2 nitrogen and oxygen atoms in total. The maximum absolute atomic E-state index is 11.6. The lowest BCUT2D eigenvalue weighted by atomic mass is 10.4. The molecule has 80 valence electrons. The van der Waals surface area contributed by atoms with Crippen molar-refractivity contribution in [3.05, 3.63) is 24.1 Å². The van der Waals surface area contributed by atoms with E-state index < -0.39 is 0 Å². The molecule has 7 heteroatoms. The molecule has 0 aromatic carbocycles. The van der Waals surface area contributed by atoms with Crippen LogP contribution in [-0.4, -0.2) is 6.54 Å². The van der Waals surface area contributed by atoms with Gasteiger partial charge >= 0.3 is 0 Å². The first-order valence-electron chi connectivity index (χ1n) is 4.17. The molecule has 0 unspecified atom stereocenters. The van der Waals surface area contributed by atoms with Crippen molar-refractivity contribution in [2.75, 3.05) is 11.4 Å². The summed E-state index contributed by atoms with van der Waals surface area (Å²) in [6.45, 7) is 2.80. The number of hydrogen-bond acceptors (Lipinski definition) is 7. The van der Waals surface area contributed by atoms with Gasteiger partial charge in [0.05, 0.1) is 5.69 Å². The van der Waals surface area contributed by atoms with Crippen molar-refractivity contribution in [2.24, 2.45) is 0 Å². The first-order chi connectivity index (χ1) is 7.24. The molecule has 0 saturated carbocycles. The van der Waals surface area contributed by atoms with Gasteiger partial charge in [-0.15, -0.1) is 0 Å². The molecule has 0 aliphatic rings. The van der Waals surface area contributed by atoms with E-state index in [0.29, 0.717) is 0 Å². The summed E-state index contributed by atoms with van der Waals surface area (Å²) in [4.78, 5) is 13.6. The number of rotatable bonds is 3. The SMILES string of the molecule is CCN(c1cssc1=O)c1cssc1=S. The van der Waals surface area contributed by atoms with Crippen LogP contribution in [0.25, 0.3) is 0 Å². The van der Waals surface area contributed by atoms with Crippen LogP contribution in [0.2, 0.25) is 0 Å². The summed E-state index contributed by atoms with van der Waals surface area (Å²) in [6, 6.07) is 0. The highest BCUT2D eigenvalue weighted by molar-refractivity contribution is 7.79. The van der Waals surface area contributed by atoms with Crippen LogP contribution < -0.4 is 9.64 Å². The summed E-state index contributed by atoms with van der Waals surface area (Å²) >= 11 is 5.24. The number of hydrogen-bond donors (Lipinski definition) is 0. The molecule has 0 fully saturated rings. The van der Waals surface area contributed by atoms with E-state index in [1.165, 1.54) is 20.7 Å². The normalized spacial score (nSPS) is 10.5. The minimum atomic E-state index is 0.118. The molecular formula is C8H7NOS5. The van der Waals surface area contributed by atoms with Gasteiger partial charge in [-0.25, -0.2) is 0 Å². The van der Waals surface area contributed by atoms with Crippen molar-refractivity contribution in [1.82, 2.24) is 0 Å². The van der Waals surface area contributed by atoms with Gasteiger partial charge in [-0.3, -0.25) is 4.79 Å². The Hall–Kier alpha value is -0.0800. The second-order valence-electron chi connectivity index (χ2n) is 2.68. The van der Waals surface area contributed by atoms with Crippen molar-refractivity contribution < 1.29 is 0 Å². The van der Waals surface area contributed by atoms with E-state index in [1.807, 2.05) is 22.6 Å². The molecule has 2 aromatic rings. The summed E-state index contributed by atoms with van der Waals surface area (Å²) in [6.07, 6.45) is 0. The Balaban J connectivity index is 2.51. The molecule has 2 heterocycles. The summed E-state index contributed by atoms with van der Waals surface area (Å²) in [7, 11) is 5.93. The molecule has 0 N–H and O–H groups in total. The summed E-state index contributed by atoms with van der Waals surface area (Å²) in [5, 5.41) is 3.91. The molecule has 2 rings (SSSR count). The van der Waals surface area contributed by atoms with Crippen molar-refractivity contribution in [3.63, 3.8) is 0 Å². The van der Waals surface area contributed by atoms with E-state index in [9.17, 15) is 4.79 Å². The minimum absolute atomic E-state index is 0.118. The van der Waals surface area contributed by atoms with E-state index in [4.69, 9.17) is 12.2 Å². The second-order valence-corrected chi connectivity index (χ2v) is 7.47. The number of anilines is 2. The van der Waals surface area contributed by atoms with Gasteiger partial charge in [-0.05, 0) is 17.3 Å². The monoisotopic (exact) mass is 293 g/mol. The maximum atomic E-state index is 11.6. The molecule has 0 aliphatic carbocycles. The molecular weight excluding hydrogens is 286 g/mol. The average Bonchev–Trinajstić information content (AvgIpc) is 2.80. The molecule has 0 radical (unpaired) electrons. The Kier molecular flexibility index (Phi) is 3.68. The smallest absolute Gasteiger partial charge is 0.266 e. The van der Waals surface area contributed by atoms with Gasteiger partial charge in [0.25, 0.3) is 4.74 Å². The fourth-order valence-corrected chi connectivity index (χ4v) is 5.29. The summed E-state index contributed by atoms with van der Waals surface area (Å²) in [5.74, 6) is 0. The van der Waals surface area contributed by atoms with E-state index in [1.54, 1.807) is 20.7 Å². The lowest BCUT2D eigenvalue weighted by Gasteiger charge is -2.18. The fraction of sp³-hybridized carbons (Fsp3) is 0.250. The second kappa shape index (κ2) is 4.84. The summed E-state index contributed by atoms with van der Waals surface area (Å²) in [5.41, 5.74) is 1.74. The summed E-state index contributed by atoms with van der Waals surface area (Å²) < 4.78 is 0.977. The van der Waals surface area contributed by atoms with Crippen molar-refractivity contribution >= 4 is 65.0 Å². The first kappa shape index (κ1) is 11.4. The lowest BCUT2D eigenvalue weighted by Crippen LogP contribution is -2.19. The van der Waals surface area contributed by atoms with Gasteiger partial charge in [0.2, 0.25) is 0 Å². The quantitative estimate of drug-likeness (QED) is 0.625. The Morgan fingerprint density at radius 3 is 2.40 bits per heavy atom. The number of nitrogens with zero attached hydrogens (tertiary/aromatic N) is 1. The molecule has 15 heavy (non-hydrogen) atoms. The highest BCUT2D eigenvalue weighted by atomic mass is 32.9. The third-order valence-corrected chi connectivity index (χ3v) is 6.32. The molecule has 0 spiro atoms. The third kappa shape index (κ3) is 2.21. The highest BCUT2D eigenvalue weighted by Crippen LogP contribution is 2.31. The van der Waals surface area contributed by atoms with Crippen LogP contribution >= 0.6 is 53.6 Å². The predicted octanol–water partition coefficient (Wildman–Crippen LogP) is 4.18. The van der Waals surface area contributed by atoms with Gasteiger partial charge in [0, 0.05) is 17.3 Å². The Morgan fingerprint density at radius 2 is 1.93 bits per heavy atom. The zero-order chi connectivity index (χ0) is 10.8. The van der Waals surface area contributed by atoms with Gasteiger partial charge in [-0.2, -0.15) is 0 Å². The van der Waals surface area contributed by atoms with Crippen molar-refractivity contribution in [1.29, 1.82) is 0 Å². The maximum Gasteiger partial charge on any atom is 0.266 e. The van der Waals surface area contributed by atoms with Gasteiger partial charge in [0.15, 0.2) is 0 Å². The van der Waals surface area contributed by atoms with Crippen LogP contribution in [0.1, 0.15) is 6.92 Å². The van der Waals surface area contributed by atoms with E-state index in [2.05, 4.69) is 0 Å². The van der Waals surface area contributed by atoms with E-state index in [0.717, 1.165) is 21.7 Å². The minimum Gasteiger partial charge on any atom is -0.335 e. The van der Waals surface area contributed by atoms with Crippen molar-refractivity contribution in [2.45, 2.75) is 6.92 Å². The Bertz CT molecular complexity index is 499. The molecule has 0 amide bonds. The fourth-order valence-electron chi connectivity index (χ4n) is 1.23. The average molecular weight is 293 g/mol. The molecule has 0 saturated heterocycles. The third-order valence-electron chi connectivity index (χ3n) is 1.88. The molecule has 2 aromatic heterocycles. The molecule has 0 bridgehead atoms. The largest absolute Gasteiger partial charge is 0.335 e. The molecule has 0 aliphatic heterocycles. The van der Waals surface area contributed by atoms with E-state index in [-0.39, 0.29) is 4.74 Å². The lowest BCUT2D eigenvalue weighted by molar-refractivity contribution is 1.03. The van der Waals surface area contributed by atoms with Crippen LogP contribution in [0.15, 0.2) is 15.6 Å². The standard InChI is InChI=1S/C8H7NOS5/c1-2-9(5-3-12-14-7(5)10)6-4-13-15-8(6)11/h3-4H,2H2,1H3. The first-order valence-corrected chi connectivity index (χ1v) is 9.00. The van der Waals surface area contributed by atoms with Gasteiger partial charge < -0.3 is 4.90 Å². The van der Waals surface area contributed by atoms with Crippen LogP contribution in [-0.2, 0) is 0 Å². The van der Waals surface area contributed by atoms with Gasteiger partial charge in [0.1, 0.15) is 9.51 Å². The van der Waals surface area contributed by atoms with Gasteiger partial charge in [-0.1, -0.05) is 43.2 Å². The topological polar surface area (TPSA) is 20.3 Å². The zero-order valence-electron chi connectivity index (χ0n) is 7.76. The van der Waals surface area contributed by atoms with E-state index >= 15 is 0 Å². The highest BCUT2D eigenvalue weighted by Gasteiger charge is 2.14. The van der Waals surface area contributed by atoms with Crippen LogP contribution in [0, 0.1) is 3.82 Å². The van der Waals surface area contributed by atoms with Crippen LogP contribution in [0.4, 0.5) is 11.4 Å². The Morgan fingerprint density at radius 1 is 1.27 bits per heavy atom.